The molecule has 2 aliphatic carbocycles. The summed E-state index contributed by atoms with van der Waals surface area (Å²) in [4.78, 5) is 12.4. The minimum Gasteiger partial charge on any atom is -0.435 e. The van der Waals surface area contributed by atoms with Crippen molar-refractivity contribution in [2.24, 2.45) is 17.6 Å². The zero-order valence-corrected chi connectivity index (χ0v) is 14.8. The summed E-state index contributed by atoms with van der Waals surface area (Å²) in [7, 11) is 0. The highest BCUT2D eigenvalue weighted by Gasteiger charge is 2.39. The van der Waals surface area contributed by atoms with Crippen molar-refractivity contribution in [1.29, 1.82) is 0 Å². The van der Waals surface area contributed by atoms with E-state index in [0.29, 0.717) is 17.4 Å². The summed E-state index contributed by atoms with van der Waals surface area (Å²) in [6.45, 7) is -2.86. The van der Waals surface area contributed by atoms with Crippen LogP contribution in [0.1, 0.15) is 37.7 Å². The lowest BCUT2D eigenvalue weighted by Gasteiger charge is -2.45. The molecule has 7 heteroatoms. The Morgan fingerprint density at radius 2 is 1.96 bits per heavy atom. The van der Waals surface area contributed by atoms with Gasteiger partial charge in [0.1, 0.15) is 5.75 Å². The van der Waals surface area contributed by atoms with Crippen LogP contribution in [-0.2, 0) is 11.2 Å². The maximum Gasteiger partial charge on any atom is 0.387 e. The van der Waals surface area contributed by atoms with Crippen molar-refractivity contribution >= 4 is 18.3 Å². The van der Waals surface area contributed by atoms with E-state index in [1.807, 2.05) is 0 Å². The average molecular weight is 375 g/mol. The Kier molecular flexibility index (Phi) is 7.02. The molecule has 2 fully saturated rings. The molecular weight excluding hydrogens is 350 g/mol. The van der Waals surface area contributed by atoms with Gasteiger partial charge in [0.2, 0.25) is 5.91 Å². The van der Waals surface area contributed by atoms with Crippen LogP contribution in [-0.4, -0.2) is 24.6 Å². The lowest BCUT2D eigenvalue weighted by atomic mass is 9.67. The number of fused-ring (bicyclic) bond motifs is 2. The average Bonchev–Trinajstić information content (AvgIpc) is 2.47. The van der Waals surface area contributed by atoms with Crippen LogP contribution in [0.5, 0.6) is 5.75 Å². The highest BCUT2D eigenvalue weighted by Crippen LogP contribution is 2.39. The fourth-order valence-electron chi connectivity index (χ4n) is 4.28. The van der Waals surface area contributed by atoms with Gasteiger partial charge in [-0.1, -0.05) is 18.6 Å². The number of nitrogens with one attached hydrogen (secondary N) is 1. The van der Waals surface area contributed by atoms with Gasteiger partial charge in [0.05, 0.1) is 6.42 Å². The first kappa shape index (κ1) is 19.9. The third-order valence-electron chi connectivity index (χ3n) is 5.19. The number of alkyl halides is 2. The minimum absolute atomic E-state index is 0. The quantitative estimate of drug-likeness (QED) is 0.831. The second-order valence-electron chi connectivity index (χ2n) is 6.98. The van der Waals surface area contributed by atoms with E-state index in [1.54, 1.807) is 12.1 Å². The zero-order valence-electron chi connectivity index (χ0n) is 14.0. The van der Waals surface area contributed by atoms with E-state index in [-0.39, 0.29) is 42.6 Å². The van der Waals surface area contributed by atoms with Crippen LogP contribution in [0.2, 0.25) is 0 Å². The van der Waals surface area contributed by atoms with Gasteiger partial charge in [-0.25, -0.2) is 0 Å². The summed E-state index contributed by atoms with van der Waals surface area (Å²) in [6, 6.07) is 6.76. The molecule has 2 atom stereocenters. The Hall–Kier alpha value is -1.40. The van der Waals surface area contributed by atoms with Crippen LogP contribution >= 0.6 is 12.4 Å². The third-order valence-corrected chi connectivity index (χ3v) is 5.19. The van der Waals surface area contributed by atoms with Gasteiger partial charge in [-0.2, -0.15) is 8.78 Å². The normalized spacial score (nSPS) is 28.2. The topological polar surface area (TPSA) is 64.3 Å². The molecule has 140 valence electrons. The number of ether oxygens (including phenoxy) is 1. The number of nitrogens with two attached hydrogens (primary N) is 1. The van der Waals surface area contributed by atoms with Crippen molar-refractivity contribution in [1.82, 2.24) is 5.32 Å². The van der Waals surface area contributed by atoms with Crippen molar-refractivity contribution in [3.05, 3.63) is 29.8 Å². The van der Waals surface area contributed by atoms with Crippen molar-refractivity contribution in [3.63, 3.8) is 0 Å². The number of hydrogen-bond acceptors (Lipinski definition) is 3. The summed E-state index contributed by atoms with van der Waals surface area (Å²) >= 11 is 0. The SMILES string of the molecule is Cl.NC1CC2CCCC(C1)C2NC(=O)Cc1cccc(OC(F)F)c1. The largest absolute Gasteiger partial charge is 0.435 e. The minimum atomic E-state index is -2.86. The molecule has 0 aliphatic heterocycles. The molecule has 1 aromatic carbocycles. The van der Waals surface area contributed by atoms with E-state index in [9.17, 15) is 13.6 Å². The molecule has 2 bridgehead atoms. The number of amides is 1. The summed E-state index contributed by atoms with van der Waals surface area (Å²) < 4.78 is 28.9. The number of hydrogen-bond donors (Lipinski definition) is 2. The van der Waals surface area contributed by atoms with Crippen LogP contribution in [0.4, 0.5) is 8.78 Å². The monoisotopic (exact) mass is 374 g/mol. The Morgan fingerprint density at radius 3 is 2.60 bits per heavy atom. The molecule has 3 rings (SSSR count). The molecule has 0 saturated heterocycles. The van der Waals surface area contributed by atoms with E-state index in [4.69, 9.17) is 5.73 Å². The fraction of sp³-hybridized carbons (Fsp3) is 0.611. The smallest absolute Gasteiger partial charge is 0.387 e. The lowest BCUT2D eigenvalue weighted by molar-refractivity contribution is -0.122. The van der Waals surface area contributed by atoms with Gasteiger partial charge in [-0.3, -0.25) is 4.79 Å². The molecule has 2 unspecified atom stereocenters. The number of carbonyl (C=O) groups excluding carboxylic acids is 1. The molecule has 0 aromatic heterocycles. The Balaban J connectivity index is 0.00000225. The number of halogens is 3. The molecule has 1 amide bonds. The number of rotatable bonds is 5. The molecule has 2 aliphatic rings. The highest BCUT2D eigenvalue weighted by atomic mass is 35.5. The molecule has 2 saturated carbocycles. The van der Waals surface area contributed by atoms with Crippen molar-refractivity contribution in [3.8, 4) is 5.75 Å². The molecule has 4 nitrogen and oxygen atoms in total. The Morgan fingerprint density at radius 1 is 1.28 bits per heavy atom. The zero-order chi connectivity index (χ0) is 17.1. The summed E-state index contributed by atoms with van der Waals surface area (Å²) in [5.41, 5.74) is 6.78. The predicted molar refractivity (Wildman–Crippen MR) is 94.0 cm³/mol. The van der Waals surface area contributed by atoms with Crippen LogP contribution in [0.15, 0.2) is 24.3 Å². The third kappa shape index (κ3) is 5.28. The van der Waals surface area contributed by atoms with E-state index in [0.717, 1.165) is 25.7 Å². The van der Waals surface area contributed by atoms with Crippen molar-refractivity contribution < 1.29 is 18.3 Å². The second kappa shape index (κ2) is 8.81. The summed E-state index contributed by atoms with van der Waals surface area (Å²) in [5, 5.41) is 3.17. The van der Waals surface area contributed by atoms with Gasteiger partial charge in [-0.15, -0.1) is 12.4 Å². The van der Waals surface area contributed by atoms with Gasteiger partial charge in [0, 0.05) is 12.1 Å². The maximum absolute atomic E-state index is 12.4. The first-order valence-electron chi connectivity index (χ1n) is 8.60. The second-order valence-corrected chi connectivity index (χ2v) is 6.98. The predicted octanol–water partition coefficient (Wildman–Crippen LogP) is 3.27. The van der Waals surface area contributed by atoms with Gasteiger partial charge >= 0.3 is 6.61 Å². The number of benzene rings is 1. The van der Waals surface area contributed by atoms with Crippen molar-refractivity contribution in [2.75, 3.05) is 0 Å². The fourth-order valence-corrected chi connectivity index (χ4v) is 4.28. The Labute approximate surface area is 152 Å². The van der Waals surface area contributed by atoms with Gasteiger partial charge in [0.25, 0.3) is 0 Å². The lowest BCUT2D eigenvalue weighted by Crippen LogP contribution is -2.54. The molecule has 0 heterocycles. The van der Waals surface area contributed by atoms with Crippen LogP contribution in [0, 0.1) is 11.8 Å². The van der Waals surface area contributed by atoms with Crippen LogP contribution in [0.25, 0.3) is 0 Å². The van der Waals surface area contributed by atoms with E-state index in [1.165, 1.54) is 18.6 Å². The van der Waals surface area contributed by atoms with E-state index >= 15 is 0 Å². The highest BCUT2D eigenvalue weighted by molar-refractivity contribution is 5.85. The van der Waals surface area contributed by atoms with Gasteiger partial charge in [0.15, 0.2) is 0 Å². The van der Waals surface area contributed by atoms with Gasteiger partial charge < -0.3 is 15.8 Å². The molecule has 3 N–H and O–H groups in total. The van der Waals surface area contributed by atoms with Crippen molar-refractivity contribution in [2.45, 2.75) is 57.2 Å². The first-order chi connectivity index (χ1) is 11.5. The van der Waals surface area contributed by atoms with E-state index < -0.39 is 6.61 Å². The molecule has 0 radical (unpaired) electrons. The molecule has 0 spiro atoms. The number of carbonyl (C=O) groups is 1. The molecule has 1 aromatic rings. The summed E-state index contributed by atoms with van der Waals surface area (Å²) in [5.74, 6) is 0.937. The molecule has 25 heavy (non-hydrogen) atoms. The Bertz CT molecular complexity index is 574. The maximum atomic E-state index is 12.4. The standard InChI is InChI=1S/C18H24F2N2O2.ClH/c19-18(20)24-15-6-1-3-11(7-15)8-16(23)22-17-12-4-2-5-13(17)10-14(21)9-12;/h1,3,6-7,12-14,17-18H,2,4-5,8-10,21H2,(H,22,23);1H. The van der Waals surface area contributed by atoms with Gasteiger partial charge in [-0.05, 0) is 55.2 Å². The molecular formula is C18H25ClF2N2O2. The van der Waals surface area contributed by atoms with Crippen LogP contribution in [0.3, 0.4) is 0 Å². The summed E-state index contributed by atoms with van der Waals surface area (Å²) in [6.07, 6.45) is 5.56. The van der Waals surface area contributed by atoms with Crippen LogP contribution < -0.4 is 15.8 Å². The van der Waals surface area contributed by atoms with E-state index in [2.05, 4.69) is 10.1 Å². The first-order valence-corrected chi connectivity index (χ1v) is 8.60.